The summed E-state index contributed by atoms with van der Waals surface area (Å²) in [6.45, 7) is 1.56. The molecule has 0 saturated carbocycles. The van der Waals surface area contributed by atoms with Gasteiger partial charge >= 0.3 is 0 Å². The molecular weight excluding hydrogens is 331 g/mol. The zero-order valence-corrected chi connectivity index (χ0v) is 12.6. The number of hydrogen-bond donors (Lipinski definition) is 1. The first-order valence-electron chi connectivity index (χ1n) is 6.03. The summed E-state index contributed by atoms with van der Waals surface area (Å²) in [4.78, 5) is 0. The summed E-state index contributed by atoms with van der Waals surface area (Å²) in [6, 6.07) is 6.22. The fraction of sp³-hybridized carbons (Fsp3) is 0.200. The first-order chi connectivity index (χ1) is 9.47. The minimum atomic E-state index is -0.778. The standard InChI is InChI=1S/C15H13BrF3N/c1-8-6-7-10(17)12(14(8)19)15(20-2)9-4-3-5-11(18)13(9)16/h3-7,15,20H,1-2H3. The Morgan fingerprint density at radius 3 is 2.40 bits per heavy atom. The maximum Gasteiger partial charge on any atom is 0.137 e. The monoisotopic (exact) mass is 343 g/mol. The third-order valence-electron chi connectivity index (χ3n) is 3.19. The van der Waals surface area contributed by atoms with E-state index in [0.29, 0.717) is 11.1 Å². The van der Waals surface area contributed by atoms with E-state index in [1.807, 2.05) is 0 Å². The molecule has 1 atom stereocenters. The van der Waals surface area contributed by atoms with Gasteiger partial charge in [-0.05, 0) is 53.2 Å². The van der Waals surface area contributed by atoms with Crippen molar-refractivity contribution in [2.75, 3.05) is 7.05 Å². The molecule has 0 heterocycles. The molecule has 0 saturated heterocycles. The van der Waals surface area contributed by atoms with Crippen LogP contribution < -0.4 is 5.32 Å². The van der Waals surface area contributed by atoms with Gasteiger partial charge in [0, 0.05) is 5.56 Å². The molecule has 5 heteroatoms. The zero-order chi connectivity index (χ0) is 14.9. The van der Waals surface area contributed by atoms with Crippen molar-refractivity contribution in [3.8, 4) is 0 Å². The van der Waals surface area contributed by atoms with Crippen molar-refractivity contribution >= 4 is 15.9 Å². The van der Waals surface area contributed by atoms with Crippen LogP contribution >= 0.6 is 15.9 Å². The van der Waals surface area contributed by atoms with Crippen LogP contribution in [0.1, 0.15) is 22.7 Å². The number of nitrogens with one attached hydrogen (secondary N) is 1. The predicted octanol–water partition coefficient (Wildman–Crippen LogP) is 4.48. The van der Waals surface area contributed by atoms with E-state index >= 15 is 0 Å². The second-order valence-electron chi connectivity index (χ2n) is 4.46. The Hall–Kier alpha value is -1.33. The van der Waals surface area contributed by atoms with E-state index in [0.717, 1.165) is 0 Å². The largest absolute Gasteiger partial charge is 0.309 e. The van der Waals surface area contributed by atoms with Crippen molar-refractivity contribution < 1.29 is 13.2 Å². The van der Waals surface area contributed by atoms with Crippen molar-refractivity contribution in [1.82, 2.24) is 5.32 Å². The molecule has 0 aliphatic heterocycles. The Kier molecular flexibility index (Phi) is 4.50. The molecule has 2 aromatic rings. The summed E-state index contributed by atoms with van der Waals surface area (Å²) < 4.78 is 42.0. The minimum Gasteiger partial charge on any atom is -0.309 e. The lowest BCUT2D eigenvalue weighted by Crippen LogP contribution is -2.21. The van der Waals surface area contributed by atoms with Gasteiger partial charge in [0.1, 0.15) is 17.5 Å². The number of aryl methyl sites for hydroxylation is 1. The van der Waals surface area contributed by atoms with E-state index < -0.39 is 23.5 Å². The number of hydrogen-bond acceptors (Lipinski definition) is 1. The molecule has 0 fully saturated rings. The van der Waals surface area contributed by atoms with Gasteiger partial charge in [-0.3, -0.25) is 0 Å². The topological polar surface area (TPSA) is 12.0 Å². The maximum atomic E-state index is 14.2. The Morgan fingerprint density at radius 2 is 1.75 bits per heavy atom. The van der Waals surface area contributed by atoms with E-state index in [2.05, 4.69) is 21.2 Å². The average Bonchev–Trinajstić information content (AvgIpc) is 2.43. The second-order valence-corrected chi connectivity index (χ2v) is 5.25. The van der Waals surface area contributed by atoms with Crippen molar-refractivity contribution in [1.29, 1.82) is 0 Å². The van der Waals surface area contributed by atoms with Gasteiger partial charge in [0.05, 0.1) is 10.5 Å². The predicted molar refractivity (Wildman–Crippen MR) is 76.1 cm³/mol. The normalized spacial score (nSPS) is 12.5. The summed E-state index contributed by atoms with van der Waals surface area (Å²) in [6.07, 6.45) is 0. The zero-order valence-electron chi connectivity index (χ0n) is 11.0. The van der Waals surface area contributed by atoms with Gasteiger partial charge in [-0.2, -0.15) is 0 Å². The first kappa shape index (κ1) is 15.1. The molecular formula is C15H13BrF3N. The summed E-state index contributed by atoms with van der Waals surface area (Å²) in [5.74, 6) is -1.76. The van der Waals surface area contributed by atoms with Crippen molar-refractivity contribution in [2.45, 2.75) is 13.0 Å². The highest BCUT2D eigenvalue weighted by Crippen LogP contribution is 2.33. The number of halogens is 4. The number of rotatable bonds is 3. The van der Waals surface area contributed by atoms with E-state index in [4.69, 9.17) is 0 Å². The summed E-state index contributed by atoms with van der Waals surface area (Å²) in [5.41, 5.74) is 0.670. The highest BCUT2D eigenvalue weighted by molar-refractivity contribution is 9.10. The van der Waals surface area contributed by atoms with Gasteiger partial charge in [-0.1, -0.05) is 18.2 Å². The maximum absolute atomic E-state index is 14.2. The van der Waals surface area contributed by atoms with Gasteiger partial charge in [0.15, 0.2) is 0 Å². The molecule has 2 aromatic carbocycles. The van der Waals surface area contributed by atoms with Gasteiger partial charge in [-0.15, -0.1) is 0 Å². The summed E-state index contributed by atoms with van der Waals surface area (Å²) in [7, 11) is 1.57. The van der Waals surface area contributed by atoms with E-state index in [-0.39, 0.29) is 10.0 Å². The highest BCUT2D eigenvalue weighted by atomic mass is 79.9. The lowest BCUT2D eigenvalue weighted by Gasteiger charge is -2.21. The van der Waals surface area contributed by atoms with Crippen LogP contribution in [0.2, 0.25) is 0 Å². The highest BCUT2D eigenvalue weighted by Gasteiger charge is 2.24. The van der Waals surface area contributed by atoms with Crippen LogP contribution in [-0.4, -0.2) is 7.05 Å². The lowest BCUT2D eigenvalue weighted by atomic mass is 9.96. The molecule has 106 valence electrons. The summed E-state index contributed by atoms with van der Waals surface area (Å²) in [5, 5.41) is 2.83. The van der Waals surface area contributed by atoms with Crippen LogP contribution in [0.4, 0.5) is 13.2 Å². The van der Waals surface area contributed by atoms with Gasteiger partial charge in [-0.25, -0.2) is 13.2 Å². The Morgan fingerprint density at radius 1 is 1.05 bits per heavy atom. The molecule has 1 N–H and O–H groups in total. The van der Waals surface area contributed by atoms with Crippen molar-refractivity contribution in [2.24, 2.45) is 0 Å². The molecule has 0 aliphatic carbocycles. The quantitative estimate of drug-likeness (QED) is 0.866. The molecule has 1 nitrogen and oxygen atoms in total. The van der Waals surface area contributed by atoms with Gasteiger partial charge in [0.2, 0.25) is 0 Å². The van der Waals surface area contributed by atoms with E-state index in [9.17, 15) is 13.2 Å². The Balaban J connectivity index is 2.65. The SMILES string of the molecule is CNC(c1cccc(F)c1Br)c1c(F)ccc(C)c1F. The van der Waals surface area contributed by atoms with Crippen LogP contribution in [0.3, 0.4) is 0 Å². The lowest BCUT2D eigenvalue weighted by molar-refractivity contribution is 0.514. The summed E-state index contributed by atoms with van der Waals surface area (Å²) >= 11 is 3.13. The molecule has 0 spiro atoms. The van der Waals surface area contributed by atoms with Gasteiger partial charge < -0.3 is 5.32 Å². The minimum absolute atomic E-state index is 0.112. The van der Waals surface area contributed by atoms with Crippen LogP contribution in [0, 0.1) is 24.4 Å². The van der Waals surface area contributed by atoms with E-state index in [1.54, 1.807) is 20.0 Å². The van der Waals surface area contributed by atoms with Crippen molar-refractivity contribution in [3.05, 3.63) is 68.9 Å². The third kappa shape index (κ3) is 2.60. The van der Waals surface area contributed by atoms with Gasteiger partial charge in [0.25, 0.3) is 0 Å². The molecule has 1 unspecified atom stereocenters. The molecule has 20 heavy (non-hydrogen) atoms. The van der Waals surface area contributed by atoms with Crippen LogP contribution in [-0.2, 0) is 0 Å². The third-order valence-corrected chi connectivity index (χ3v) is 4.03. The Labute approximate surface area is 123 Å². The molecule has 0 bridgehead atoms. The Bertz CT molecular complexity index is 643. The van der Waals surface area contributed by atoms with Crippen LogP contribution in [0.25, 0.3) is 0 Å². The van der Waals surface area contributed by atoms with Crippen molar-refractivity contribution in [3.63, 3.8) is 0 Å². The van der Waals surface area contributed by atoms with Crippen LogP contribution in [0.15, 0.2) is 34.8 Å². The molecule has 2 rings (SSSR count). The second kappa shape index (κ2) is 5.97. The molecule has 0 amide bonds. The molecule has 0 aliphatic rings. The fourth-order valence-corrected chi connectivity index (χ4v) is 2.63. The molecule has 0 radical (unpaired) electrons. The first-order valence-corrected chi connectivity index (χ1v) is 6.82. The molecule has 0 aromatic heterocycles. The van der Waals surface area contributed by atoms with E-state index in [1.165, 1.54) is 24.3 Å². The number of benzene rings is 2. The average molecular weight is 344 g/mol. The fourth-order valence-electron chi connectivity index (χ4n) is 2.14. The smallest absolute Gasteiger partial charge is 0.137 e. The van der Waals surface area contributed by atoms with Crippen LogP contribution in [0.5, 0.6) is 0 Å².